The Hall–Kier alpha value is -2.04. The standard InChI is InChI=1S/C21H30NO4/c1-5-14-13-22-8-7-15-10-19(24-3)20(25-4)12-17(15)18(22)9-16(14)11-21(23)26-6-2/h10,12,14,16H,5-9,11,13H2,1-4H3/q+1. The van der Waals surface area contributed by atoms with Gasteiger partial charge in [0, 0.05) is 30.7 Å². The lowest BCUT2D eigenvalue weighted by Gasteiger charge is -2.32. The Labute approximate surface area is 156 Å². The summed E-state index contributed by atoms with van der Waals surface area (Å²) in [7, 11) is 3.35. The van der Waals surface area contributed by atoms with Crippen LogP contribution in [-0.4, -0.2) is 50.2 Å². The van der Waals surface area contributed by atoms with E-state index >= 15 is 0 Å². The van der Waals surface area contributed by atoms with Crippen molar-refractivity contribution in [2.75, 3.05) is 33.9 Å². The third-order valence-electron chi connectivity index (χ3n) is 5.79. The van der Waals surface area contributed by atoms with Crippen molar-refractivity contribution in [3.63, 3.8) is 0 Å². The molecule has 0 spiro atoms. The molecule has 0 aliphatic carbocycles. The second kappa shape index (κ2) is 8.11. The molecule has 1 aromatic rings. The summed E-state index contributed by atoms with van der Waals surface area (Å²) in [6.45, 7) is 6.58. The van der Waals surface area contributed by atoms with Gasteiger partial charge in [0.2, 0.25) is 0 Å². The largest absolute Gasteiger partial charge is 0.493 e. The van der Waals surface area contributed by atoms with E-state index in [0.717, 1.165) is 43.9 Å². The normalized spacial score (nSPS) is 21.7. The van der Waals surface area contributed by atoms with Gasteiger partial charge in [-0.15, -0.1) is 0 Å². The maximum absolute atomic E-state index is 12.1. The average molecular weight is 360 g/mol. The van der Waals surface area contributed by atoms with Crippen molar-refractivity contribution >= 4 is 11.7 Å². The van der Waals surface area contributed by atoms with E-state index in [9.17, 15) is 4.79 Å². The van der Waals surface area contributed by atoms with Crippen LogP contribution in [0.25, 0.3) is 0 Å². The number of nitrogens with zero attached hydrogens (tertiary/aromatic N) is 1. The van der Waals surface area contributed by atoms with Gasteiger partial charge in [-0.25, -0.2) is 4.58 Å². The first kappa shape index (κ1) is 18.7. The summed E-state index contributed by atoms with van der Waals surface area (Å²) in [6.07, 6.45) is 3.52. The van der Waals surface area contributed by atoms with E-state index in [2.05, 4.69) is 23.6 Å². The number of hydrogen-bond acceptors (Lipinski definition) is 4. The molecule has 2 atom stereocenters. The van der Waals surface area contributed by atoms with Gasteiger partial charge in [0.15, 0.2) is 17.2 Å². The van der Waals surface area contributed by atoms with Crippen molar-refractivity contribution in [1.29, 1.82) is 0 Å². The van der Waals surface area contributed by atoms with Crippen LogP contribution in [0.2, 0.25) is 0 Å². The molecule has 0 amide bonds. The fourth-order valence-corrected chi connectivity index (χ4v) is 4.38. The molecule has 0 saturated carbocycles. The second-order valence-electron chi connectivity index (χ2n) is 7.15. The lowest BCUT2D eigenvalue weighted by molar-refractivity contribution is -0.543. The van der Waals surface area contributed by atoms with Crippen LogP contribution >= 0.6 is 0 Å². The fraction of sp³-hybridized carbons (Fsp3) is 0.619. The highest BCUT2D eigenvalue weighted by molar-refractivity contribution is 6.00. The quantitative estimate of drug-likeness (QED) is 0.578. The minimum absolute atomic E-state index is 0.0756. The number of benzene rings is 1. The van der Waals surface area contributed by atoms with E-state index in [-0.39, 0.29) is 5.97 Å². The van der Waals surface area contributed by atoms with E-state index in [1.54, 1.807) is 14.2 Å². The van der Waals surface area contributed by atoms with Gasteiger partial charge in [-0.2, -0.15) is 0 Å². The SMILES string of the molecule is CCOC(=O)CC1CC2=[N+](CCc3cc(OC)c(OC)cc32)CC1CC. The van der Waals surface area contributed by atoms with Crippen LogP contribution in [0.1, 0.15) is 44.2 Å². The number of carbonyl (C=O) groups is 1. The number of esters is 1. The van der Waals surface area contributed by atoms with E-state index in [4.69, 9.17) is 14.2 Å². The van der Waals surface area contributed by atoms with Gasteiger partial charge in [-0.05, 0) is 37.0 Å². The summed E-state index contributed by atoms with van der Waals surface area (Å²) < 4.78 is 18.7. The Kier molecular flexibility index (Phi) is 5.84. The molecule has 2 aliphatic rings. The Morgan fingerprint density at radius 3 is 2.54 bits per heavy atom. The van der Waals surface area contributed by atoms with Crippen molar-refractivity contribution in [2.24, 2.45) is 11.8 Å². The Morgan fingerprint density at radius 1 is 1.15 bits per heavy atom. The first-order valence-electron chi connectivity index (χ1n) is 9.62. The van der Waals surface area contributed by atoms with Crippen molar-refractivity contribution < 1.29 is 23.6 Å². The number of rotatable bonds is 6. The first-order valence-corrected chi connectivity index (χ1v) is 9.62. The maximum atomic E-state index is 12.1. The van der Waals surface area contributed by atoms with Crippen LogP contribution in [0.4, 0.5) is 0 Å². The molecule has 5 nitrogen and oxygen atoms in total. The zero-order valence-corrected chi connectivity index (χ0v) is 16.3. The van der Waals surface area contributed by atoms with Gasteiger partial charge in [-0.3, -0.25) is 4.79 Å². The van der Waals surface area contributed by atoms with Crippen LogP contribution in [0.5, 0.6) is 11.5 Å². The van der Waals surface area contributed by atoms with Crippen LogP contribution in [0.15, 0.2) is 12.1 Å². The third-order valence-corrected chi connectivity index (χ3v) is 5.79. The van der Waals surface area contributed by atoms with E-state index in [0.29, 0.717) is 24.9 Å². The van der Waals surface area contributed by atoms with Gasteiger partial charge in [0.05, 0.1) is 20.8 Å². The van der Waals surface area contributed by atoms with Crippen molar-refractivity contribution in [3.8, 4) is 11.5 Å². The molecule has 1 aromatic carbocycles. The zero-order valence-electron chi connectivity index (χ0n) is 16.3. The predicted molar refractivity (Wildman–Crippen MR) is 100 cm³/mol. The minimum atomic E-state index is -0.0756. The maximum Gasteiger partial charge on any atom is 0.306 e. The van der Waals surface area contributed by atoms with Gasteiger partial charge >= 0.3 is 5.97 Å². The molecule has 0 fully saturated rings. The molecule has 0 N–H and O–H groups in total. The van der Waals surface area contributed by atoms with E-state index < -0.39 is 0 Å². The number of fused-ring (bicyclic) bond motifs is 2. The van der Waals surface area contributed by atoms with Crippen LogP contribution in [-0.2, 0) is 16.0 Å². The summed E-state index contributed by atoms with van der Waals surface area (Å²) in [4.78, 5) is 12.1. The van der Waals surface area contributed by atoms with Crippen molar-refractivity contribution in [1.82, 2.24) is 0 Å². The molecule has 142 valence electrons. The molecule has 0 bridgehead atoms. The lowest BCUT2D eigenvalue weighted by atomic mass is 9.77. The molecule has 26 heavy (non-hydrogen) atoms. The van der Waals surface area contributed by atoms with Crippen molar-refractivity contribution in [2.45, 2.75) is 39.5 Å². The van der Waals surface area contributed by atoms with Crippen LogP contribution in [0, 0.1) is 11.8 Å². The lowest BCUT2D eigenvalue weighted by Crippen LogP contribution is -2.42. The molecule has 0 saturated heterocycles. The highest BCUT2D eigenvalue weighted by Gasteiger charge is 2.39. The number of carbonyl (C=O) groups excluding carboxylic acids is 1. The summed E-state index contributed by atoms with van der Waals surface area (Å²) in [5.41, 5.74) is 3.89. The molecule has 2 aliphatic heterocycles. The van der Waals surface area contributed by atoms with E-state index in [1.807, 2.05) is 6.92 Å². The van der Waals surface area contributed by atoms with Crippen molar-refractivity contribution in [3.05, 3.63) is 23.3 Å². The summed E-state index contributed by atoms with van der Waals surface area (Å²) in [6, 6.07) is 4.20. The summed E-state index contributed by atoms with van der Waals surface area (Å²) >= 11 is 0. The Balaban J connectivity index is 1.93. The van der Waals surface area contributed by atoms with Gasteiger partial charge in [-0.1, -0.05) is 6.92 Å². The number of methoxy groups -OCH3 is 2. The third kappa shape index (κ3) is 3.57. The number of ether oxygens (including phenoxy) is 3. The van der Waals surface area contributed by atoms with E-state index in [1.165, 1.54) is 16.8 Å². The van der Waals surface area contributed by atoms with Gasteiger partial charge in [0.1, 0.15) is 13.1 Å². The van der Waals surface area contributed by atoms with Crippen LogP contribution < -0.4 is 9.47 Å². The second-order valence-corrected chi connectivity index (χ2v) is 7.15. The molecular formula is C21H30NO4+. The monoisotopic (exact) mass is 360 g/mol. The Morgan fingerprint density at radius 2 is 1.88 bits per heavy atom. The molecule has 5 heteroatoms. The number of hydrogen-bond donors (Lipinski definition) is 0. The smallest absolute Gasteiger partial charge is 0.306 e. The highest BCUT2D eigenvalue weighted by Crippen LogP contribution is 2.37. The molecule has 3 rings (SSSR count). The fourth-order valence-electron chi connectivity index (χ4n) is 4.38. The predicted octanol–water partition coefficient (Wildman–Crippen LogP) is 3.06. The van der Waals surface area contributed by atoms with Gasteiger partial charge in [0.25, 0.3) is 0 Å². The Bertz CT molecular complexity index is 710. The topological polar surface area (TPSA) is 47.8 Å². The molecular weight excluding hydrogens is 330 g/mol. The molecule has 2 heterocycles. The molecule has 2 unspecified atom stereocenters. The summed E-state index contributed by atoms with van der Waals surface area (Å²) in [5, 5.41) is 0. The van der Waals surface area contributed by atoms with Crippen LogP contribution in [0.3, 0.4) is 0 Å². The highest BCUT2D eigenvalue weighted by atomic mass is 16.5. The molecule has 0 radical (unpaired) electrons. The average Bonchev–Trinajstić information content (AvgIpc) is 2.66. The summed E-state index contributed by atoms with van der Waals surface area (Å²) in [5.74, 6) is 2.34. The molecule has 0 aromatic heterocycles. The first-order chi connectivity index (χ1) is 12.6. The minimum Gasteiger partial charge on any atom is -0.493 e. The van der Waals surface area contributed by atoms with Gasteiger partial charge < -0.3 is 14.2 Å². The zero-order chi connectivity index (χ0) is 18.7.